The van der Waals surface area contributed by atoms with Crippen LogP contribution in [-0.4, -0.2) is 6.21 Å². The Morgan fingerprint density at radius 1 is 1.56 bits per heavy atom. The minimum absolute atomic E-state index is 1.02. The number of rotatable bonds is 0. The summed E-state index contributed by atoms with van der Waals surface area (Å²) in [6, 6.07) is 0. The van der Waals surface area contributed by atoms with Gasteiger partial charge in [0.15, 0.2) is 0 Å². The van der Waals surface area contributed by atoms with E-state index in [1.807, 2.05) is 18.2 Å². The molecule has 1 aliphatic heterocycles. The molecule has 0 saturated carbocycles. The molecule has 43 valence electrons. The molecule has 0 atom stereocenters. The van der Waals surface area contributed by atoms with Crippen molar-refractivity contribution in [2.75, 3.05) is 0 Å². The van der Waals surface area contributed by atoms with Crippen LogP contribution in [0.15, 0.2) is 40.6 Å². The van der Waals surface area contributed by atoms with Crippen LogP contribution in [0.1, 0.15) is 6.42 Å². The molecule has 1 nitrogen and oxygen atoms in total. The Labute approximate surface area is 54.1 Å². The van der Waals surface area contributed by atoms with Gasteiger partial charge in [0.25, 0.3) is 0 Å². The minimum Gasteiger partial charge on any atom is -0.246 e. The molecule has 0 saturated heterocycles. The van der Waals surface area contributed by atoms with Gasteiger partial charge in [-0.3, -0.25) is 0 Å². The van der Waals surface area contributed by atoms with Gasteiger partial charge < -0.3 is 0 Å². The summed E-state index contributed by atoms with van der Waals surface area (Å²) in [6.07, 6.45) is 11.9. The van der Waals surface area contributed by atoms with Crippen LogP contribution in [0.5, 0.6) is 0 Å². The average molecular weight is 116 g/mol. The van der Waals surface area contributed by atoms with Crippen LogP contribution in [0.2, 0.25) is 0 Å². The topological polar surface area (TPSA) is 12.4 Å². The lowest BCUT2D eigenvalue weighted by molar-refractivity contribution is 1.18. The number of nitrogens with zero attached hydrogens (tertiary/aromatic N) is 1. The fourth-order valence-corrected chi connectivity index (χ4v) is 0.987. The summed E-state index contributed by atoms with van der Waals surface area (Å²) >= 11 is 0. The summed E-state index contributed by atoms with van der Waals surface area (Å²) in [4.78, 5) is 4.02. The average Bonchev–Trinajstić information content (AvgIpc) is 2.33. The van der Waals surface area contributed by atoms with Crippen molar-refractivity contribution in [2.24, 2.45) is 4.99 Å². The number of hydrogen-bond acceptors (Lipinski definition) is 1. The van der Waals surface area contributed by atoms with Gasteiger partial charge in [-0.25, -0.2) is 4.99 Å². The lowest BCUT2D eigenvalue weighted by atomic mass is 10.1. The zero-order chi connectivity index (χ0) is 6.10. The van der Waals surface area contributed by atoms with Crippen LogP contribution < -0.4 is 0 Å². The molecular formula is C8H6N. The molecule has 0 aromatic heterocycles. The molecule has 2 aliphatic rings. The van der Waals surface area contributed by atoms with Crippen molar-refractivity contribution in [3.05, 3.63) is 35.6 Å². The van der Waals surface area contributed by atoms with Crippen LogP contribution in [0.3, 0.4) is 0 Å². The smallest absolute Gasteiger partial charge is 0.0897 e. The van der Waals surface area contributed by atoms with Gasteiger partial charge in [-0.1, -0.05) is 12.2 Å². The van der Waals surface area contributed by atoms with E-state index in [4.69, 9.17) is 0 Å². The first-order valence-corrected chi connectivity index (χ1v) is 2.99. The Morgan fingerprint density at radius 3 is 3.44 bits per heavy atom. The molecule has 1 heterocycles. The molecule has 1 heteroatoms. The van der Waals surface area contributed by atoms with Crippen molar-refractivity contribution in [2.45, 2.75) is 6.42 Å². The standard InChI is InChI=1S/C8H6N/c1-2-4-8-7(3-1)5-6-9-8/h1-2,4-5H,3H2. The summed E-state index contributed by atoms with van der Waals surface area (Å²) in [5.74, 6) is 0. The molecule has 0 amide bonds. The molecule has 0 bridgehead atoms. The molecule has 0 spiro atoms. The molecule has 1 aliphatic carbocycles. The largest absolute Gasteiger partial charge is 0.246 e. The maximum atomic E-state index is 4.02. The lowest BCUT2D eigenvalue weighted by Crippen LogP contribution is -1.84. The van der Waals surface area contributed by atoms with E-state index in [2.05, 4.69) is 17.3 Å². The Balaban J connectivity index is 2.46. The van der Waals surface area contributed by atoms with E-state index in [1.54, 1.807) is 0 Å². The van der Waals surface area contributed by atoms with Crippen molar-refractivity contribution in [1.29, 1.82) is 0 Å². The SMILES string of the molecule is [C]1=NC2=CC=CCC2=C1. The third kappa shape index (κ3) is 0.653. The molecule has 0 aromatic carbocycles. The molecule has 9 heavy (non-hydrogen) atoms. The van der Waals surface area contributed by atoms with Crippen LogP contribution in [0.25, 0.3) is 0 Å². The van der Waals surface area contributed by atoms with E-state index in [0.717, 1.165) is 12.1 Å². The Kier molecular flexibility index (Phi) is 0.890. The minimum atomic E-state index is 1.02. The van der Waals surface area contributed by atoms with E-state index in [0.29, 0.717) is 0 Å². The van der Waals surface area contributed by atoms with Crippen LogP contribution in [0, 0.1) is 0 Å². The van der Waals surface area contributed by atoms with Gasteiger partial charge in [0.2, 0.25) is 0 Å². The van der Waals surface area contributed by atoms with Crippen LogP contribution in [-0.2, 0) is 0 Å². The van der Waals surface area contributed by atoms with Gasteiger partial charge >= 0.3 is 0 Å². The number of hydrogen-bond donors (Lipinski definition) is 0. The van der Waals surface area contributed by atoms with Gasteiger partial charge in [-0.2, -0.15) is 0 Å². The first-order valence-electron chi connectivity index (χ1n) is 2.99. The molecule has 1 radical (unpaired) electrons. The van der Waals surface area contributed by atoms with E-state index in [1.165, 1.54) is 5.57 Å². The normalized spacial score (nSPS) is 21.3. The molecule has 0 fully saturated rings. The summed E-state index contributed by atoms with van der Waals surface area (Å²) in [5, 5.41) is 0. The first kappa shape index (κ1) is 4.74. The van der Waals surface area contributed by atoms with Crippen molar-refractivity contribution in [3.63, 3.8) is 0 Å². The zero-order valence-corrected chi connectivity index (χ0v) is 4.96. The Morgan fingerprint density at radius 2 is 2.56 bits per heavy atom. The maximum Gasteiger partial charge on any atom is 0.0897 e. The summed E-state index contributed by atoms with van der Waals surface area (Å²) in [7, 11) is 0. The van der Waals surface area contributed by atoms with Gasteiger partial charge in [-0.05, 0) is 24.1 Å². The Hall–Kier alpha value is -1.11. The second-order valence-corrected chi connectivity index (χ2v) is 2.09. The van der Waals surface area contributed by atoms with E-state index in [-0.39, 0.29) is 0 Å². The predicted octanol–water partition coefficient (Wildman–Crippen LogP) is 1.72. The quantitative estimate of drug-likeness (QED) is 0.457. The number of fused-ring (bicyclic) bond motifs is 1. The second kappa shape index (κ2) is 1.69. The third-order valence-electron chi connectivity index (χ3n) is 1.48. The van der Waals surface area contributed by atoms with Crippen molar-refractivity contribution >= 4 is 6.21 Å². The van der Waals surface area contributed by atoms with Gasteiger partial charge in [0.05, 0.1) is 11.9 Å². The second-order valence-electron chi connectivity index (χ2n) is 2.09. The van der Waals surface area contributed by atoms with Gasteiger partial charge in [0.1, 0.15) is 0 Å². The highest BCUT2D eigenvalue weighted by Crippen LogP contribution is 2.22. The van der Waals surface area contributed by atoms with Crippen molar-refractivity contribution < 1.29 is 0 Å². The Bertz CT molecular complexity index is 241. The first-order chi connectivity index (χ1) is 4.47. The molecular weight excluding hydrogens is 110 g/mol. The molecule has 0 unspecified atom stereocenters. The monoisotopic (exact) mass is 116 g/mol. The highest BCUT2D eigenvalue weighted by Gasteiger charge is 2.07. The van der Waals surface area contributed by atoms with Crippen LogP contribution in [0.4, 0.5) is 0 Å². The lowest BCUT2D eigenvalue weighted by Gasteiger charge is -2.01. The van der Waals surface area contributed by atoms with Crippen molar-refractivity contribution in [1.82, 2.24) is 0 Å². The maximum absolute atomic E-state index is 4.02. The highest BCUT2D eigenvalue weighted by molar-refractivity contribution is 5.80. The molecule has 0 aromatic rings. The summed E-state index contributed by atoms with van der Waals surface area (Å²) in [5.41, 5.74) is 2.37. The van der Waals surface area contributed by atoms with Gasteiger partial charge in [-0.15, -0.1) is 0 Å². The highest BCUT2D eigenvalue weighted by atomic mass is 14.8. The molecule has 2 rings (SSSR count). The van der Waals surface area contributed by atoms with Crippen LogP contribution >= 0.6 is 0 Å². The number of aliphatic imine (C=N–C) groups is 1. The summed E-state index contributed by atoms with van der Waals surface area (Å²) in [6.45, 7) is 0. The fourth-order valence-electron chi connectivity index (χ4n) is 0.987. The fraction of sp³-hybridized carbons (Fsp3) is 0.125. The third-order valence-corrected chi connectivity index (χ3v) is 1.48. The zero-order valence-electron chi connectivity index (χ0n) is 4.96. The van der Waals surface area contributed by atoms with E-state index >= 15 is 0 Å². The predicted molar refractivity (Wildman–Crippen MR) is 37.4 cm³/mol. The summed E-state index contributed by atoms with van der Waals surface area (Å²) < 4.78 is 0. The van der Waals surface area contributed by atoms with E-state index in [9.17, 15) is 0 Å². The number of allylic oxidation sites excluding steroid dienone is 5. The van der Waals surface area contributed by atoms with Crippen molar-refractivity contribution in [3.8, 4) is 0 Å². The van der Waals surface area contributed by atoms with Gasteiger partial charge in [0, 0.05) is 0 Å². The van der Waals surface area contributed by atoms with E-state index < -0.39 is 0 Å². The molecule has 0 N–H and O–H groups in total.